The molecule has 0 aromatic carbocycles. The van der Waals surface area contributed by atoms with Crippen molar-refractivity contribution in [2.45, 2.75) is 32.6 Å². The molecule has 0 bridgehead atoms. The van der Waals surface area contributed by atoms with Crippen LogP contribution in [0.2, 0.25) is 0 Å². The Labute approximate surface area is 96.7 Å². The summed E-state index contributed by atoms with van der Waals surface area (Å²) >= 11 is 0. The first-order valence-electron chi connectivity index (χ1n) is 4.76. The van der Waals surface area contributed by atoms with Gasteiger partial charge in [0.1, 0.15) is 0 Å². The van der Waals surface area contributed by atoms with E-state index >= 15 is 0 Å². The number of rotatable bonds is 6. The Bertz CT molecular complexity index is 194. The molecule has 0 aromatic rings. The largest absolute Gasteiger partial charge is 0.469 e. The molecule has 1 atom stereocenters. The number of halogens is 1. The fourth-order valence-corrected chi connectivity index (χ4v) is 1.14. The molecular formula is C10H19ClO4. The Kier molecular flexibility index (Phi) is 10.8. The van der Waals surface area contributed by atoms with Crippen LogP contribution in [0.5, 0.6) is 0 Å². The van der Waals surface area contributed by atoms with Crippen LogP contribution in [-0.4, -0.2) is 26.2 Å². The van der Waals surface area contributed by atoms with E-state index in [1.807, 2.05) is 6.92 Å². The molecule has 15 heavy (non-hydrogen) atoms. The van der Waals surface area contributed by atoms with Crippen LogP contribution in [-0.2, 0) is 19.1 Å². The molecule has 90 valence electrons. The summed E-state index contributed by atoms with van der Waals surface area (Å²) in [6.45, 7) is 1.82. The summed E-state index contributed by atoms with van der Waals surface area (Å²) in [6, 6.07) is 0. The Hall–Kier alpha value is -0.770. The summed E-state index contributed by atoms with van der Waals surface area (Å²) < 4.78 is 9.08. The van der Waals surface area contributed by atoms with Crippen molar-refractivity contribution >= 4 is 24.3 Å². The second-order valence-electron chi connectivity index (χ2n) is 3.25. The van der Waals surface area contributed by atoms with Gasteiger partial charge in [0.15, 0.2) is 0 Å². The smallest absolute Gasteiger partial charge is 0.308 e. The Balaban J connectivity index is 0. The van der Waals surface area contributed by atoms with E-state index in [1.54, 1.807) is 0 Å². The first-order chi connectivity index (χ1) is 6.61. The van der Waals surface area contributed by atoms with Gasteiger partial charge in [-0.1, -0.05) is 13.3 Å². The molecule has 0 amide bonds. The van der Waals surface area contributed by atoms with E-state index in [0.29, 0.717) is 6.42 Å². The van der Waals surface area contributed by atoms with E-state index in [1.165, 1.54) is 14.2 Å². The molecule has 0 spiro atoms. The number of unbranched alkanes of at least 4 members (excludes halogenated alkanes) is 1. The second-order valence-corrected chi connectivity index (χ2v) is 3.25. The Morgan fingerprint density at radius 3 is 2.20 bits per heavy atom. The molecule has 0 fully saturated rings. The number of methoxy groups -OCH3 is 2. The number of carbonyl (C=O) groups is 2. The minimum absolute atomic E-state index is 0. The lowest BCUT2D eigenvalue weighted by Crippen LogP contribution is -2.12. The van der Waals surface area contributed by atoms with E-state index in [0.717, 1.165) is 19.3 Å². The van der Waals surface area contributed by atoms with Crippen LogP contribution in [0.15, 0.2) is 0 Å². The van der Waals surface area contributed by atoms with Gasteiger partial charge in [-0.15, -0.1) is 12.4 Å². The van der Waals surface area contributed by atoms with E-state index in [9.17, 15) is 9.59 Å². The van der Waals surface area contributed by atoms with Gasteiger partial charge in [0, 0.05) is 6.42 Å². The predicted octanol–water partition coefficient (Wildman–Crippen LogP) is 1.95. The summed E-state index contributed by atoms with van der Waals surface area (Å²) in [4.78, 5) is 21.7. The van der Waals surface area contributed by atoms with Crippen LogP contribution in [0.4, 0.5) is 0 Å². The van der Waals surface area contributed by atoms with Gasteiger partial charge in [0.05, 0.1) is 20.1 Å². The van der Waals surface area contributed by atoms with Crippen LogP contribution in [0.3, 0.4) is 0 Å². The molecule has 0 aliphatic rings. The fraction of sp³-hybridized carbons (Fsp3) is 0.800. The van der Waals surface area contributed by atoms with Gasteiger partial charge >= 0.3 is 11.9 Å². The maximum absolute atomic E-state index is 11.0. The zero-order valence-electron chi connectivity index (χ0n) is 9.45. The predicted molar refractivity (Wildman–Crippen MR) is 58.9 cm³/mol. The van der Waals surface area contributed by atoms with Gasteiger partial charge in [-0.2, -0.15) is 0 Å². The van der Waals surface area contributed by atoms with Crippen LogP contribution in [0, 0.1) is 5.92 Å². The Morgan fingerprint density at radius 2 is 1.73 bits per heavy atom. The van der Waals surface area contributed by atoms with Crippen LogP contribution in [0.1, 0.15) is 32.6 Å². The highest BCUT2D eigenvalue weighted by Crippen LogP contribution is 2.10. The minimum Gasteiger partial charge on any atom is -0.469 e. The number of hydrogen-bond acceptors (Lipinski definition) is 4. The molecule has 0 N–H and O–H groups in total. The molecule has 0 rings (SSSR count). The quantitative estimate of drug-likeness (QED) is 0.524. The maximum Gasteiger partial charge on any atom is 0.308 e. The van der Waals surface area contributed by atoms with E-state index in [4.69, 9.17) is 0 Å². The van der Waals surface area contributed by atoms with Crippen molar-refractivity contribution in [3.63, 3.8) is 0 Å². The lowest BCUT2D eigenvalue weighted by Gasteiger charge is -2.07. The number of ether oxygens (including phenoxy) is 2. The first kappa shape index (κ1) is 16.7. The minimum atomic E-state index is -0.198. The van der Waals surface area contributed by atoms with Crippen molar-refractivity contribution in [3.8, 4) is 0 Å². The summed E-state index contributed by atoms with van der Waals surface area (Å²) in [5, 5.41) is 0. The Morgan fingerprint density at radius 1 is 1.13 bits per heavy atom. The molecule has 0 aliphatic heterocycles. The molecule has 0 aromatic heterocycles. The van der Waals surface area contributed by atoms with E-state index in [2.05, 4.69) is 9.47 Å². The molecule has 0 radical (unpaired) electrons. The van der Waals surface area contributed by atoms with Gasteiger partial charge in [0.25, 0.3) is 0 Å². The van der Waals surface area contributed by atoms with E-state index in [-0.39, 0.29) is 30.3 Å². The second kappa shape index (κ2) is 9.77. The van der Waals surface area contributed by atoms with Crippen LogP contribution >= 0.6 is 12.4 Å². The molecule has 0 heterocycles. The molecule has 0 saturated carbocycles. The standard InChI is InChI=1S/C10H18O4.ClH/c1-8(10(12)14-3)6-4-5-7-9(11)13-2;/h8H,4-7H2,1-3H3;1H. The lowest BCUT2D eigenvalue weighted by atomic mass is 10.0. The third kappa shape index (κ3) is 8.24. The van der Waals surface area contributed by atoms with Crippen molar-refractivity contribution in [2.24, 2.45) is 5.92 Å². The SMILES string of the molecule is COC(=O)CCCCC(C)C(=O)OC.Cl. The van der Waals surface area contributed by atoms with Gasteiger partial charge in [0.2, 0.25) is 0 Å². The number of carbonyl (C=O) groups excluding carboxylic acids is 2. The third-order valence-corrected chi connectivity index (χ3v) is 2.10. The highest BCUT2D eigenvalue weighted by molar-refractivity contribution is 5.85. The van der Waals surface area contributed by atoms with Crippen LogP contribution in [0.25, 0.3) is 0 Å². The van der Waals surface area contributed by atoms with Crippen molar-refractivity contribution in [1.82, 2.24) is 0 Å². The monoisotopic (exact) mass is 238 g/mol. The van der Waals surface area contributed by atoms with E-state index < -0.39 is 0 Å². The number of hydrogen-bond donors (Lipinski definition) is 0. The highest BCUT2D eigenvalue weighted by Gasteiger charge is 2.12. The van der Waals surface area contributed by atoms with Gasteiger partial charge in [-0.3, -0.25) is 9.59 Å². The summed E-state index contributed by atoms with van der Waals surface area (Å²) in [6.07, 6.45) is 2.77. The van der Waals surface area contributed by atoms with Gasteiger partial charge in [-0.25, -0.2) is 0 Å². The molecule has 0 saturated heterocycles. The number of esters is 2. The fourth-order valence-electron chi connectivity index (χ4n) is 1.14. The third-order valence-electron chi connectivity index (χ3n) is 2.10. The topological polar surface area (TPSA) is 52.6 Å². The van der Waals surface area contributed by atoms with Crippen molar-refractivity contribution in [2.75, 3.05) is 14.2 Å². The summed E-state index contributed by atoms with van der Waals surface area (Å²) in [5.41, 5.74) is 0. The first-order valence-corrected chi connectivity index (χ1v) is 4.76. The van der Waals surface area contributed by atoms with Gasteiger partial charge in [-0.05, 0) is 12.8 Å². The van der Waals surface area contributed by atoms with Crippen molar-refractivity contribution in [1.29, 1.82) is 0 Å². The molecule has 5 heteroatoms. The van der Waals surface area contributed by atoms with Crippen molar-refractivity contribution < 1.29 is 19.1 Å². The average molecular weight is 239 g/mol. The zero-order chi connectivity index (χ0) is 11.0. The summed E-state index contributed by atoms with van der Waals surface area (Å²) in [5.74, 6) is -0.476. The van der Waals surface area contributed by atoms with Crippen molar-refractivity contribution in [3.05, 3.63) is 0 Å². The normalized spacial score (nSPS) is 11.1. The molecular weight excluding hydrogens is 220 g/mol. The highest BCUT2D eigenvalue weighted by atomic mass is 35.5. The maximum atomic E-state index is 11.0. The van der Waals surface area contributed by atoms with Crippen LogP contribution < -0.4 is 0 Å². The average Bonchev–Trinajstić information content (AvgIpc) is 2.22. The molecule has 4 nitrogen and oxygen atoms in total. The summed E-state index contributed by atoms with van der Waals surface area (Å²) in [7, 11) is 2.76. The molecule has 0 aliphatic carbocycles. The zero-order valence-corrected chi connectivity index (χ0v) is 10.3. The molecule has 1 unspecified atom stereocenters. The van der Waals surface area contributed by atoms with Gasteiger partial charge < -0.3 is 9.47 Å². The lowest BCUT2D eigenvalue weighted by molar-refractivity contribution is -0.145.